The van der Waals surface area contributed by atoms with Gasteiger partial charge in [-0.2, -0.15) is 5.10 Å². The number of carbonyl (C=O) groups is 2. The van der Waals surface area contributed by atoms with Gasteiger partial charge in [-0.1, -0.05) is 66.7 Å². The standard InChI is InChI=1S/C22H18N2O3/c25-21(24-23-18-12-6-1-2-7-13-18)19-14-8-9-15-20(19)22(26)27-16-17-10-4-3-5-11-17/h1-15H,16H2,(H,24,25). The molecule has 0 saturated carbocycles. The minimum Gasteiger partial charge on any atom is -0.457 e. The Balaban J connectivity index is 1.74. The molecule has 0 radical (unpaired) electrons. The number of benzene rings is 2. The van der Waals surface area contributed by atoms with Gasteiger partial charge in [0.25, 0.3) is 5.91 Å². The van der Waals surface area contributed by atoms with Gasteiger partial charge in [-0.15, -0.1) is 0 Å². The molecule has 0 aliphatic rings. The lowest BCUT2D eigenvalue weighted by atomic mass is 10.1. The summed E-state index contributed by atoms with van der Waals surface area (Å²) in [5.41, 5.74) is 3.75. The van der Waals surface area contributed by atoms with Gasteiger partial charge in [0.05, 0.1) is 16.5 Å². The highest BCUT2D eigenvalue weighted by atomic mass is 16.5. The van der Waals surface area contributed by atoms with Crippen LogP contribution in [0.1, 0.15) is 26.3 Å². The molecular weight excluding hydrogens is 340 g/mol. The SMILES string of the molecule is O=C(NN=c1cccccc1)c1ccccc1C(=O)OCc1ccccc1. The number of hydrogen-bond donors (Lipinski definition) is 1. The maximum Gasteiger partial charge on any atom is 0.339 e. The Morgan fingerprint density at radius 2 is 1.30 bits per heavy atom. The molecule has 0 saturated heterocycles. The van der Waals surface area contributed by atoms with Crippen molar-refractivity contribution in [1.29, 1.82) is 0 Å². The van der Waals surface area contributed by atoms with Crippen molar-refractivity contribution in [3.05, 3.63) is 113 Å². The minimum absolute atomic E-state index is 0.139. The Hall–Kier alpha value is -3.73. The first-order valence-corrected chi connectivity index (χ1v) is 8.43. The fourth-order valence-electron chi connectivity index (χ4n) is 2.40. The molecular formula is C22H18N2O3. The van der Waals surface area contributed by atoms with Crippen LogP contribution in [0.2, 0.25) is 0 Å². The Labute approximate surface area is 157 Å². The van der Waals surface area contributed by atoms with Crippen molar-refractivity contribution in [1.82, 2.24) is 5.43 Å². The van der Waals surface area contributed by atoms with E-state index in [1.165, 1.54) is 0 Å². The van der Waals surface area contributed by atoms with Crippen molar-refractivity contribution in [2.45, 2.75) is 6.61 Å². The zero-order valence-electron chi connectivity index (χ0n) is 14.5. The lowest BCUT2D eigenvalue weighted by Crippen LogP contribution is -2.23. The second-order valence-electron chi connectivity index (χ2n) is 5.69. The molecule has 1 N–H and O–H groups in total. The third-order valence-electron chi connectivity index (χ3n) is 3.76. The van der Waals surface area contributed by atoms with E-state index in [2.05, 4.69) is 10.5 Å². The van der Waals surface area contributed by atoms with E-state index in [-0.39, 0.29) is 17.7 Å². The van der Waals surface area contributed by atoms with Crippen LogP contribution in [-0.2, 0) is 11.3 Å². The highest BCUT2D eigenvalue weighted by Crippen LogP contribution is 2.12. The number of amides is 1. The van der Waals surface area contributed by atoms with E-state index in [4.69, 9.17) is 4.74 Å². The third-order valence-corrected chi connectivity index (χ3v) is 3.76. The average molecular weight is 358 g/mol. The van der Waals surface area contributed by atoms with Gasteiger partial charge in [0.2, 0.25) is 0 Å². The fraction of sp³-hybridized carbons (Fsp3) is 0.0455. The molecule has 1 amide bonds. The number of hydrogen-bond acceptors (Lipinski definition) is 4. The lowest BCUT2D eigenvalue weighted by Gasteiger charge is -2.08. The second-order valence-corrected chi connectivity index (χ2v) is 5.69. The van der Waals surface area contributed by atoms with Crippen LogP contribution in [0.25, 0.3) is 0 Å². The molecule has 3 rings (SSSR count). The summed E-state index contributed by atoms with van der Waals surface area (Å²) in [5.74, 6) is -1.04. The summed E-state index contributed by atoms with van der Waals surface area (Å²) < 4.78 is 5.33. The molecule has 3 aromatic rings. The minimum atomic E-state index is -0.560. The van der Waals surface area contributed by atoms with Gasteiger partial charge in [-0.3, -0.25) is 4.79 Å². The predicted molar refractivity (Wildman–Crippen MR) is 101 cm³/mol. The van der Waals surface area contributed by atoms with Crippen molar-refractivity contribution in [2.24, 2.45) is 5.10 Å². The van der Waals surface area contributed by atoms with E-state index < -0.39 is 11.9 Å². The van der Waals surface area contributed by atoms with Crippen LogP contribution in [-0.4, -0.2) is 11.9 Å². The summed E-state index contributed by atoms with van der Waals surface area (Å²) >= 11 is 0. The number of ether oxygens (including phenoxy) is 1. The largest absolute Gasteiger partial charge is 0.457 e. The summed E-state index contributed by atoms with van der Waals surface area (Å²) in [4.78, 5) is 24.9. The quantitative estimate of drug-likeness (QED) is 0.562. The zero-order chi connectivity index (χ0) is 18.9. The molecule has 3 aromatic carbocycles. The molecule has 0 unspecified atom stereocenters. The van der Waals surface area contributed by atoms with Crippen LogP contribution in [0.4, 0.5) is 0 Å². The van der Waals surface area contributed by atoms with Crippen LogP contribution in [0.3, 0.4) is 0 Å². The predicted octanol–water partition coefficient (Wildman–Crippen LogP) is 3.29. The summed E-state index contributed by atoms with van der Waals surface area (Å²) in [5, 5.41) is 4.66. The molecule has 27 heavy (non-hydrogen) atoms. The molecule has 5 heteroatoms. The number of carbonyl (C=O) groups excluding carboxylic acids is 2. The highest BCUT2D eigenvalue weighted by molar-refractivity contribution is 6.05. The van der Waals surface area contributed by atoms with Crippen LogP contribution in [0.15, 0.2) is 96.1 Å². The van der Waals surface area contributed by atoms with Crippen LogP contribution in [0, 0.1) is 0 Å². The third kappa shape index (κ3) is 5.12. The molecule has 0 spiro atoms. The molecule has 0 aliphatic carbocycles. The smallest absolute Gasteiger partial charge is 0.339 e. The second kappa shape index (κ2) is 9.10. The van der Waals surface area contributed by atoms with E-state index in [1.807, 2.05) is 54.6 Å². The number of nitrogens with one attached hydrogen (secondary N) is 1. The number of esters is 1. The Bertz CT molecular complexity index is 979. The summed E-state index contributed by atoms with van der Waals surface area (Å²) in [6.07, 6.45) is 0. The summed E-state index contributed by atoms with van der Waals surface area (Å²) in [6, 6.07) is 26.7. The van der Waals surface area contributed by atoms with Crippen molar-refractivity contribution in [2.75, 3.05) is 0 Å². The van der Waals surface area contributed by atoms with E-state index in [0.717, 1.165) is 5.56 Å². The van der Waals surface area contributed by atoms with Crippen LogP contribution >= 0.6 is 0 Å². The highest BCUT2D eigenvalue weighted by Gasteiger charge is 2.17. The number of rotatable bonds is 5. The van der Waals surface area contributed by atoms with Gasteiger partial charge in [0.1, 0.15) is 6.61 Å². The van der Waals surface area contributed by atoms with Gasteiger partial charge in [-0.05, 0) is 29.8 Å². The summed E-state index contributed by atoms with van der Waals surface area (Å²) in [6.45, 7) is 0.139. The van der Waals surface area contributed by atoms with Gasteiger partial charge in [-0.25, -0.2) is 10.2 Å². The van der Waals surface area contributed by atoms with Crippen molar-refractivity contribution in [3.8, 4) is 0 Å². The maximum absolute atomic E-state index is 12.5. The van der Waals surface area contributed by atoms with E-state index in [9.17, 15) is 9.59 Å². The normalized spacial score (nSPS) is 9.93. The molecule has 0 atom stereocenters. The molecule has 0 fully saturated rings. The van der Waals surface area contributed by atoms with Crippen LogP contribution < -0.4 is 10.8 Å². The van der Waals surface area contributed by atoms with Gasteiger partial charge < -0.3 is 4.74 Å². The average Bonchev–Trinajstić information content (AvgIpc) is 3.00. The van der Waals surface area contributed by atoms with Gasteiger partial charge >= 0.3 is 5.97 Å². The first-order valence-electron chi connectivity index (χ1n) is 8.43. The van der Waals surface area contributed by atoms with E-state index in [0.29, 0.717) is 5.36 Å². The van der Waals surface area contributed by atoms with Crippen molar-refractivity contribution >= 4 is 11.9 Å². The Morgan fingerprint density at radius 3 is 2.00 bits per heavy atom. The molecule has 0 bridgehead atoms. The maximum atomic E-state index is 12.5. The molecule has 5 nitrogen and oxygen atoms in total. The molecule has 0 aliphatic heterocycles. The molecule has 0 aromatic heterocycles. The molecule has 0 heterocycles. The van der Waals surface area contributed by atoms with Crippen molar-refractivity contribution < 1.29 is 14.3 Å². The first-order chi connectivity index (χ1) is 13.2. The first kappa shape index (κ1) is 18.1. The monoisotopic (exact) mass is 358 g/mol. The topological polar surface area (TPSA) is 67.8 Å². The summed E-state index contributed by atoms with van der Waals surface area (Å²) in [7, 11) is 0. The van der Waals surface area contributed by atoms with Gasteiger partial charge in [0.15, 0.2) is 0 Å². The van der Waals surface area contributed by atoms with E-state index in [1.54, 1.807) is 36.4 Å². The lowest BCUT2D eigenvalue weighted by molar-refractivity contribution is 0.0469. The molecule has 134 valence electrons. The number of nitrogens with zero attached hydrogens (tertiary/aromatic N) is 1. The fourth-order valence-corrected chi connectivity index (χ4v) is 2.40. The van der Waals surface area contributed by atoms with Crippen molar-refractivity contribution in [3.63, 3.8) is 0 Å². The van der Waals surface area contributed by atoms with Crippen LogP contribution in [0.5, 0.6) is 0 Å². The zero-order valence-corrected chi connectivity index (χ0v) is 14.5. The Kier molecular flexibility index (Phi) is 6.09. The van der Waals surface area contributed by atoms with Gasteiger partial charge in [0, 0.05) is 0 Å². The Morgan fingerprint density at radius 1 is 0.741 bits per heavy atom. The van der Waals surface area contributed by atoms with E-state index >= 15 is 0 Å².